The predicted octanol–water partition coefficient (Wildman–Crippen LogP) is 3.39. The number of nitrogens with zero attached hydrogens (tertiary/aromatic N) is 1. The first-order chi connectivity index (χ1) is 8.20. The molecule has 1 atom stereocenters. The van der Waals surface area contributed by atoms with E-state index in [0.717, 1.165) is 29.4 Å². The van der Waals surface area contributed by atoms with Gasteiger partial charge in [0.15, 0.2) is 0 Å². The second-order valence-electron chi connectivity index (χ2n) is 4.42. The van der Waals surface area contributed by atoms with E-state index in [1.54, 1.807) is 6.92 Å². The quantitative estimate of drug-likeness (QED) is 0.801. The molecule has 0 amide bonds. The molecule has 0 aliphatic heterocycles. The zero-order chi connectivity index (χ0) is 12.3. The molecule has 0 spiro atoms. The van der Waals surface area contributed by atoms with Crippen LogP contribution in [0.5, 0.6) is 0 Å². The molecule has 1 unspecified atom stereocenters. The molecule has 1 aromatic heterocycles. The molecule has 2 nitrogen and oxygen atoms in total. The van der Waals surface area contributed by atoms with E-state index in [1.807, 2.05) is 37.3 Å². The SMILES string of the molecule is CCC(Cc1ccc2ccccc2n1)C(C)=O. The van der Waals surface area contributed by atoms with Crippen LogP contribution in [0.4, 0.5) is 0 Å². The number of hydrogen-bond donors (Lipinski definition) is 0. The van der Waals surface area contributed by atoms with Gasteiger partial charge in [-0.15, -0.1) is 0 Å². The lowest BCUT2D eigenvalue weighted by molar-refractivity contribution is -0.120. The maximum atomic E-state index is 11.4. The molecule has 0 radical (unpaired) electrons. The highest BCUT2D eigenvalue weighted by Crippen LogP contribution is 2.16. The third-order valence-corrected chi connectivity index (χ3v) is 3.18. The molecule has 0 aliphatic rings. The van der Waals surface area contributed by atoms with Crippen LogP contribution in [0.2, 0.25) is 0 Å². The van der Waals surface area contributed by atoms with Gasteiger partial charge in [-0.25, -0.2) is 0 Å². The number of benzene rings is 1. The summed E-state index contributed by atoms with van der Waals surface area (Å²) in [6.07, 6.45) is 1.63. The number of hydrogen-bond acceptors (Lipinski definition) is 2. The molecular weight excluding hydrogens is 210 g/mol. The third kappa shape index (κ3) is 2.70. The fourth-order valence-corrected chi connectivity index (χ4v) is 2.05. The zero-order valence-electron chi connectivity index (χ0n) is 10.3. The molecule has 0 bridgehead atoms. The van der Waals surface area contributed by atoms with E-state index in [4.69, 9.17) is 0 Å². The van der Waals surface area contributed by atoms with Crippen LogP contribution in [0, 0.1) is 5.92 Å². The predicted molar refractivity (Wildman–Crippen MR) is 69.9 cm³/mol. The summed E-state index contributed by atoms with van der Waals surface area (Å²) in [5.74, 6) is 0.353. The Morgan fingerprint density at radius 2 is 2.00 bits per heavy atom. The molecule has 0 fully saturated rings. The van der Waals surface area contributed by atoms with Gasteiger partial charge in [-0.3, -0.25) is 9.78 Å². The van der Waals surface area contributed by atoms with Crippen LogP contribution in [0.25, 0.3) is 10.9 Å². The summed E-state index contributed by atoms with van der Waals surface area (Å²) >= 11 is 0. The number of pyridine rings is 1. The molecule has 2 rings (SSSR count). The number of carbonyl (C=O) groups excluding carboxylic acids is 1. The number of aromatic nitrogens is 1. The number of ketones is 1. The molecule has 0 N–H and O–H groups in total. The van der Waals surface area contributed by atoms with Crippen molar-refractivity contribution in [1.29, 1.82) is 0 Å². The minimum atomic E-state index is 0.101. The van der Waals surface area contributed by atoms with Gasteiger partial charge in [0, 0.05) is 17.0 Å². The first kappa shape index (κ1) is 11.8. The van der Waals surface area contributed by atoms with Gasteiger partial charge in [0.05, 0.1) is 5.52 Å². The molecule has 0 saturated carbocycles. The molecule has 2 aromatic rings. The highest BCUT2D eigenvalue weighted by Gasteiger charge is 2.13. The van der Waals surface area contributed by atoms with Gasteiger partial charge in [-0.05, 0) is 31.9 Å². The molecule has 88 valence electrons. The Hall–Kier alpha value is -1.70. The maximum Gasteiger partial charge on any atom is 0.133 e. The van der Waals surface area contributed by atoms with Crippen molar-refractivity contribution in [2.24, 2.45) is 5.92 Å². The number of para-hydroxylation sites is 1. The largest absolute Gasteiger partial charge is 0.300 e. The van der Waals surface area contributed by atoms with Crippen LogP contribution in [0.15, 0.2) is 36.4 Å². The highest BCUT2D eigenvalue weighted by molar-refractivity contribution is 5.80. The van der Waals surface area contributed by atoms with E-state index >= 15 is 0 Å². The van der Waals surface area contributed by atoms with Gasteiger partial charge < -0.3 is 0 Å². The van der Waals surface area contributed by atoms with Crippen molar-refractivity contribution in [3.05, 3.63) is 42.1 Å². The fraction of sp³-hybridized carbons (Fsp3) is 0.333. The maximum absolute atomic E-state index is 11.4. The lowest BCUT2D eigenvalue weighted by Crippen LogP contribution is -2.13. The van der Waals surface area contributed by atoms with E-state index in [-0.39, 0.29) is 11.7 Å². The molecule has 2 heteroatoms. The van der Waals surface area contributed by atoms with Crippen LogP contribution in [0.3, 0.4) is 0 Å². The number of fused-ring (bicyclic) bond motifs is 1. The zero-order valence-corrected chi connectivity index (χ0v) is 10.3. The molecule has 17 heavy (non-hydrogen) atoms. The van der Waals surface area contributed by atoms with E-state index in [1.165, 1.54) is 0 Å². The van der Waals surface area contributed by atoms with Gasteiger partial charge in [0.25, 0.3) is 0 Å². The van der Waals surface area contributed by atoms with Crippen molar-refractivity contribution in [2.75, 3.05) is 0 Å². The summed E-state index contributed by atoms with van der Waals surface area (Å²) in [5.41, 5.74) is 2.01. The topological polar surface area (TPSA) is 30.0 Å². The minimum Gasteiger partial charge on any atom is -0.300 e. The monoisotopic (exact) mass is 227 g/mol. The minimum absolute atomic E-state index is 0.101. The lowest BCUT2D eigenvalue weighted by Gasteiger charge is -2.10. The third-order valence-electron chi connectivity index (χ3n) is 3.18. The summed E-state index contributed by atoms with van der Waals surface area (Å²) < 4.78 is 0. The Kier molecular flexibility index (Phi) is 3.52. The highest BCUT2D eigenvalue weighted by atomic mass is 16.1. The van der Waals surface area contributed by atoms with Crippen molar-refractivity contribution in [2.45, 2.75) is 26.7 Å². The number of carbonyl (C=O) groups is 1. The normalized spacial score (nSPS) is 12.6. The van der Waals surface area contributed by atoms with Crippen molar-refractivity contribution in [3.8, 4) is 0 Å². The Bertz CT molecular complexity index is 533. The van der Waals surface area contributed by atoms with E-state index in [2.05, 4.69) is 11.1 Å². The Labute approximate surface area is 102 Å². The van der Waals surface area contributed by atoms with Gasteiger partial charge in [0.1, 0.15) is 5.78 Å². The first-order valence-electron chi connectivity index (χ1n) is 6.06. The van der Waals surface area contributed by atoms with Crippen LogP contribution < -0.4 is 0 Å². The summed E-state index contributed by atoms with van der Waals surface area (Å²) in [7, 11) is 0. The van der Waals surface area contributed by atoms with Crippen LogP contribution in [-0.2, 0) is 11.2 Å². The Morgan fingerprint density at radius 3 is 2.71 bits per heavy atom. The summed E-state index contributed by atoms with van der Waals surface area (Å²) in [4.78, 5) is 16.0. The number of Topliss-reactive ketones (excluding diaryl/α,β-unsaturated/α-hetero) is 1. The van der Waals surface area contributed by atoms with Crippen LogP contribution in [0.1, 0.15) is 26.0 Å². The van der Waals surface area contributed by atoms with Crippen LogP contribution >= 0.6 is 0 Å². The first-order valence-corrected chi connectivity index (χ1v) is 6.06. The average Bonchev–Trinajstić information content (AvgIpc) is 2.35. The molecular formula is C15H17NO. The molecule has 0 saturated heterocycles. The Morgan fingerprint density at radius 1 is 1.24 bits per heavy atom. The molecule has 0 aliphatic carbocycles. The smallest absolute Gasteiger partial charge is 0.133 e. The standard InChI is InChI=1S/C15H17NO/c1-3-12(11(2)17)10-14-9-8-13-6-4-5-7-15(13)16-14/h4-9,12H,3,10H2,1-2H3. The lowest BCUT2D eigenvalue weighted by atomic mass is 9.96. The van der Waals surface area contributed by atoms with Gasteiger partial charge in [-0.1, -0.05) is 31.2 Å². The van der Waals surface area contributed by atoms with Gasteiger partial charge >= 0.3 is 0 Å². The summed E-state index contributed by atoms with van der Waals surface area (Å²) in [6, 6.07) is 12.1. The van der Waals surface area contributed by atoms with Crippen molar-refractivity contribution in [1.82, 2.24) is 4.98 Å². The Balaban J connectivity index is 2.27. The molecule has 1 heterocycles. The van der Waals surface area contributed by atoms with Crippen molar-refractivity contribution < 1.29 is 4.79 Å². The fourth-order valence-electron chi connectivity index (χ4n) is 2.05. The van der Waals surface area contributed by atoms with Gasteiger partial charge in [-0.2, -0.15) is 0 Å². The second kappa shape index (κ2) is 5.09. The van der Waals surface area contributed by atoms with Gasteiger partial charge in [0.2, 0.25) is 0 Å². The van der Waals surface area contributed by atoms with Crippen molar-refractivity contribution >= 4 is 16.7 Å². The summed E-state index contributed by atoms with van der Waals surface area (Å²) in [6.45, 7) is 3.71. The van der Waals surface area contributed by atoms with E-state index < -0.39 is 0 Å². The van der Waals surface area contributed by atoms with E-state index in [9.17, 15) is 4.79 Å². The van der Waals surface area contributed by atoms with Crippen LogP contribution in [-0.4, -0.2) is 10.8 Å². The number of rotatable bonds is 4. The van der Waals surface area contributed by atoms with Crippen molar-refractivity contribution in [3.63, 3.8) is 0 Å². The summed E-state index contributed by atoms with van der Waals surface area (Å²) in [5, 5.41) is 1.15. The average molecular weight is 227 g/mol. The molecule has 1 aromatic carbocycles. The van der Waals surface area contributed by atoms with E-state index in [0.29, 0.717) is 0 Å². The second-order valence-corrected chi connectivity index (χ2v) is 4.42.